The molecule has 2 aromatic carbocycles. The Labute approximate surface area is 129 Å². The Morgan fingerprint density at radius 3 is 2.55 bits per heavy atom. The summed E-state index contributed by atoms with van der Waals surface area (Å²) in [7, 11) is 0. The molecule has 0 aliphatic heterocycles. The van der Waals surface area contributed by atoms with Gasteiger partial charge in [0.2, 0.25) is 0 Å². The number of carbonyl (C=O) groups excluding carboxylic acids is 1. The molecule has 2 N–H and O–H groups in total. The van der Waals surface area contributed by atoms with Crippen molar-refractivity contribution in [3.05, 3.63) is 77.7 Å². The second kappa shape index (κ2) is 8.62. The smallest absolute Gasteiger partial charge is 0.318 e. The molecule has 4 heteroatoms. The molecule has 2 rings (SSSR count). The fraction of sp³-hybridized carbons (Fsp3) is 0.167. The van der Waals surface area contributed by atoms with Crippen LogP contribution in [0.3, 0.4) is 0 Å². The molecule has 0 saturated heterocycles. The molecule has 0 aliphatic carbocycles. The van der Waals surface area contributed by atoms with Crippen molar-refractivity contribution in [2.24, 2.45) is 0 Å². The summed E-state index contributed by atoms with van der Waals surface area (Å²) in [4.78, 5) is 11.6. The second-order valence-corrected chi connectivity index (χ2v) is 4.84. The van der Waals surface area contributed by atoms with Gasteiger partial charge in [-0.25, -0.2) is 9.18 Å². The third kappa shape index (κ3) is 5.40. The van der Waals surface area contributed by atoms with E-state index < -0.39 is 0 Å². The molecule has 0 aromatic heterocycles. The first kappa shape index (κ1) is 15.8. The van der Waals surface area contributed by atoms with Crippen molar-refractivity contribution in [3.63, 3.8) is 0 Å². The average Bonchev–Trinajstić information content (AvgIpc) is 2.54. The molecular weight excluding hydrogens is 279 g/mol. The van der Waals surface area contributed by atoms with E-state index in [9.17, 15) is 9.18 Å². The first-order valence-corrected chi connectivity index (χ1v) is 7.25. The molecule has 0 bridgehead atoms. The van der Waals surface area contributed by atoms with Gasteiger partial charge in [0.05, 0.1) is 0 Å². The standard InChI is InChI=1S/C18H19FN2O/c19-17-11-5-4-10-16(17)12-14-21-18(22)20-13-6-9-15-7-2-1-3-8-15/h1-5,7-8,10-12,14H,6,9,13H2,(H2,20,21,22)/b14-12+. The summed E-state index contributed by atoms with van der Waals surface area (Å²) in [6.07, 6.45) is 4.75. The van der Waals surface area contributed by atoms with Gasteiger partial charge in [0.1, 0.15) is 5.82 Å². The summed E-state index contributed by atoms with van der Waals surface area (Å²) >= 11 is 0. The van der Waals surface area contributed by atoms with E-state index in [-0.39, 0.29) is 11.8 Å². The zero-order valence-corrected chi connectivity index (χ0v) is 12.3. The van der Waals surface area contributed by atoms with Crippen molar-refractivity contribution in [1.29, 1.82) is 0 Å². The molecular formula is C18H19FN2O. The van der Waals surface area contributed by atoms with Gasteiger partial charge < -0.3 is 10.6 Å². The first-order chi connectivity index (χ1) is 10.8. The quantitative estimate of drug-likeness (QED) is 0.784. The maximum absolute atomic E-state index is 13.3. The van der Waals surface area contributed by atoms with E-state index in [1.54, 1.807) is 18.2 Å². The van der Waals surface area contributed by atoms with Crippen LogP contribution in [0.25, 0.3) is 6.08 Å². The van der Waals surface area contributed by atoms with Gasteiger partial charge in [0.25, 0.3) is 0 Å². The maximum Gasteiger partial charge on any atom is 0.318 e. The van der Waals surface area contributed by atoms with E-state index in [0.717, 1.165) is 12.8 Å². The largest absolute Gasteiger partial charge is 0.338 e. The van der Waals surface area contributed by atoms with Crippen LogP contribution in [-0.2, 0) is 6.42 Å². The highest BCUT2D eigenvalue weighted by Gasteiger charge is 1.98. The number of aryl methyl sites for hydroxylation is 1. The SMILES string of the molecule is O=C(N/C=C/c1ccccc1F)NCCCc1ccccc1. The summed E-state index contributed by atoms with van der Waals surface area (Å²) in [5.74, 6) is -0.316. The Bertz CT molecular complexity index is 626. The molecule has 0 spiro atoms. The zero-order chi connectivity index (χ0) is 15.6. The Balaban J connectivity index is 1.65. The van der Waals surface area contributed by atoms with E-state index in [0.29, 0.717) is 12.1 Å². The van der Waals surface area contributed by atoms with Gasteiger partial charge in [0.15, 0.2) is 0 Å². The Kier molecular flexibility index (Phi) is 6.18. The number of rotatable bonds is 6. The highest BCUT2D eigenvalue weighted by atomic mass is 19.1. The molecule has 22 heavy (non-hydrogen) atoms. The van der Waals surface area contributed by atoms with Crippen LogP contribution in [0.4, 0.5) is 9.18 Å². The first-order valence-electron chi connectivity index (χ1n) is 7.25. The summed E-state index contributed by atoms with van der Waals surface area (Å²) in [6, 6.07) is 16.2. The number of hydrogen-bond donors (Lipinski definition) is 2. The lowest BCUT2D eigenvalue weighted by Crippen LogP contribution is -2.32. The van der Waals surface area contributed by atoms with Crippen molar-refractivity contribution in [3.8, 4) is 0 Å². The molecule has 0 saturated carbocycles. The molecule has 0 radical (unpaired) electrons. The van der Waals surface area contributed by atoms with Crippen molar-refractivity contribution in [2.45, 2.75) is 12.8 Å². The number of nitrogens with one attached hydrogen (secondary N) is 2. The van der Waals surface area contributed by atoms with E-state index in [1.165, 1.54) is 23.9 Å². The molecule has 2 aromatic rings. The zero-order valence-electron chi connectivity index (χ0n) is 12.3. The van der Waals surface area contributed by atoms with E-state index in [2.05, 4.69) is 22.8 Å². The second-order valence-electron chi connectivity index (χ2n) is 4.84. The summed E-state index contributed by atoms with van der Waals surface area (Å²) in [5, 5.41) is 5.32. The van der Waals surface area contributed by atoms with Crippen molar-refractivity contribution in [1.82, 2.24) is 10.6 Å². The van der Waals surface area contributed by atoms with Crippen LogP contribution in [0.5, 0.6) is 0 Å². The van der Waals surface area contributed by atoms with Crippen LogP contribution in [-0.4, -0.2) is 12.6 Å². The third-order valence-electron chi connectivity index (χ3n) is 3.15. The van der Waals surface area contributed by atoms with E-state index in [1.807, 2.05) is 18.2 Å². The predicted molar refractivity (Wildman–Crippen MR) is 86.7 cm³/mol. The highest BCUT2D eigenvalue weighted by Crippen LogP contribution is 2.07. The number of urea groups is 1. The predicted octanol–water partition coefficient (Wildman–Crippen LogP) is 3.73. The van der Waals surface area contributed by atoms with Crippen LogP contribution in [0.15, 0.2) is 60.8 Å². The molecule has 0 heterocycles. The number of carbonyl (C=O) groups is 1. The lowest BCUT2D eigenvalue weighted by molar-refractivity contribution is 0.244. The minimum absolute atomic E-state index is 0.291. The minimum Gasteiger partial charge on any atom is -0.338 e. The van der Waals surface area contributed by atoms with Gasteiger partial charge >= 0.3 is 6.03 Å². The molecule has 114 valence electrons. The van der Waals surface area contributed by atoms with Crippen molar-refractivity contribution < 1.29 is 9.18 Å². The van der Waals surface area contributed by atoms with Gasteiger partial charge in [-0.15, -0.1) is 0 Å². The minimum atomic E-state index is -0.316. The molecule has 2 amide bonds. The molecule has 3 nitrogen and oxygen atoms in total. The van der Waals surface area contributed by atoms with E-state index in [4.69, 9.17) is 0 Å². The topological polar surface area (TPSA) is 41.1 Å². The van der Waals surface area contributed by atoms with Crippen LogP contribution in [0.2, 0.25) is 0 Å². The molecule has 0 unspecified atom stereocenters. The fourth-order valence-corrected chi connectivity index (χ4v) is 2.01. The van der Waals surface area contributed by atoms with E-state index >= 15 is 0 Å². The van der Waals surface area contributed by atoms with Gasteiger partial charge in [-0.2, -0.15) is 0 Å². The fourth-order valence-electron chi connectivity index (χ4n) is 2.01. The normalized spacial score (nSPS) is 10.6. The Morgan fingerprint density at radius 2 is 1.77 bits per heavy atom. The third-order valence-corrected chi connectivity index (χ3v) is 3.15. The number of benzene rings is 2. The average molecular weight is 298 g/mol. The Morgan fingerprint density at radius 1 is 1.05 bits per heavy atom. The summed E-state index contributed by atoms with van der Waals surface area (Å²) < 4.78 is 13.3. The highest BCUT2D eigenvalue weighted by molar-refractivity contribution is 5.75. The molecule has 0 atom stereocenters. The van der Waals surface area contributed by atoms with Gasteiger partial charge in [-0.3, -0.25) is 0 Å². The number of amides is 2. The monoisotopic (exact) mass is 298 g/mol. The van der Waals surface area contributed by atoms with Gasteiger partial charge in [0, 0.05) is 18.3 Å². The Hall–Kier alpha value is -2.62. The van der Waals surface area contributed by atoms with Crippen molar-refractivity contribution >= 4 is 12.1 Å². The maximum atomic E-state index is 13.3. The van der Waals surface area contributed by atoms with Crippen LogP contribution in [0.1, 0.15) is 17.5 Å². The number of halogens is 1. The lowest BCUT2D eigenvalue weighted by Gasteiger charge is -2.05. The summed E-state index contributed by atoms with van der Waals surface area (Å²) in [5.41, 5.74) is 1.69. The van der Waals surface area contributed by atoms with Crippen LogP contribution in [0, 0.1) is 5.82 Å². The molecule has 0 fully saturated rings. The number of hydrogen-bond acceptors (Lipinski definition) is 1. The molecule has 0 aliphatic rings. The van der Waals surface area contributed by atoms with Gasteiger partial charge in [-0.1, -0.05) is 48.5 Å². The van der Waals surface area contributed by atoms with Crippen LogP contribution < -0.4 is 10.6 Å². The summed E-state index contributed by atoms with van der Waals surface area (Å²) in [6.45, 7) is 0.592. The van der Waals surface area contributed by atoms with Crippen LogP contribution >= 0.6 is 0 Å². The van der Waals surface area contributed by atoms with Crippen molar-refractivity contribution in [2.75, 3.05) is 6.54 Å². The van der Waals surface area contributed by atoms with Gasteiger partial charge in [-0.05, 0) is 30.5 Å². The lowest BCUT2D eigenvalue weighted by atomic mass is 10.1.